The second kappa shape index (κ2) is 10.0. The number of aliphatic imine (C=N–C) groups is 1. The molecule has 0 spiro atoms. The molecule has 1 saturated heterocycles. The smallest absolute Gasteiger partial charge is 0.193 e. The quantitative estimate of drug-likeness (QED) is 0.428. The zero-order valence-electron chi connectivity index (χ0n) is 16.0. The van der Waals surface area contributed by atoms with Crippen LogP contribution >= 0.6 is 0 Å². The number of aromatic nitrogens is 3. The Bertz CT molecular complexity index is 701. The van der Waals surface area contributed by atoms with E-state index in [1.165, 1.54) is 11.9 Å². The van der Waals surface area contributed by atoms with Gasteiger partial charge < -0.3 is 19.7 Å². The van der Waals surface area contributed by atoms with E-state index < -0.39 is 0 Å². The molecular formula is C19H28N6O2. The minimum absolute atomic E-state index is 0.544. The highest BCUT2D eigenvalue weighted by atomic mass is 16.5. The fraction of sp³-hybridized carbons (Fsp3) is 0.526. The Morgan fingerprint density at radius 1 is 1.30 bits per heavy atom. The lowest BCUT2D eigenvalue weighted by Crippen LogP contribution is -2.39. The number of guanidine groups is 1. The van der Waals surface area contributed by atoms with E-state index in [1.54, 1.807) is 18.1 Å². The zero-order chi connectivity index (χ0) is 18.9. The minimum Gasteiger partial charge on any atom is -0.382 e. The van der Waals surface area contributed by atoms with E-state index in [0.29, 0.717) is 19.1 Å². The molecule has 146 valence electrons. The molecule has 1 aromatic heterocycles. The fourth-order valence-electron chi connectivity index (χ4n) is 3.17. The number of rotatable bonds is 8. The number of benzene rings is 1. The lowest BCUT2D eigenvalue weighted by Gasteiger charge is -2.22. The van der Waals surface area contributed by atoms with E-state index >= 15 is 0 Å². The monoisotopic (exact) mass is 372 g/mol. The zero-order valence-corrected chi connectivity index (χ0v) is 16.0. The van der Waals surface area contributed by atoms with Gasteiger partial charge in [0.2, 0.25) is 0 Å². The Morgan fingerprint density at radius 3 is 2.85 bits per heavy atom. The lowest BCUT2D eigenvalue weighted by molar-refractivity contribution is 0.0536. The average molecular weight is 372 g/mol. The molecule has 1 aliphatic heterocycles. The first kappa shape index (κ1) is 19.3. The summed E-state index contributed by atoms with van der Waals surface area (Å²) in [4.78, 5) is 10.7. The summed E-state index contributed by atoms with van der Waals surface area (Å²) in [6, 6.07) is 8.26. The van der Waals surface area contributed by atoms with Crippen LogP contribution in [0.15, 0.2) is 41.9 Å². The van der Waals surface area contributed by atoms with E-state index in [0.717, 1.165) is 44.3 Å². The van der Waals surface area contributed by atoms with Gasteiger partial charge in [0.15, 0.2) is 5.96 Å². The summed E-state index contributed by atoms with van der Waals surface area (Å²) in [6.07, 6.45) is 4.35. The van der Waals surface area contributed by atoms with E-state index in [4.69, 9.17) is 9.47 Å². The molecule has 0 aliphatic carbocycles. The second-order valence-electron chi connectivity index (χ2n) is 6.58. The largest absolute Gasteiger partial charge is 0.382 e. The highest BCUT2D eigenvalue weighted by molar-refractivity contribution is 5.80. The van der Waals surface area contributed by atoms with Gasteiger partial charge in [-0.25, -0.2) is 9.67 Å². The average Bonchev–Trinajstić information content (AvgIpc) is 3.39. The van der Waals surface area contributed by atoms with Crippen LogP contribution in [-0.4, -0.2) is 72.7 Å². The molecule has 2 heterocycles. The molecule has 0 radical (unpaired) electrons. The first-order valence-electron chi connectivity index (χ1n) is 9.26. The van der Waals surface area contributed by atoms with Crippen LogP contribution in [0, 0.1) is 5.92 Å². The van der Waals surface area contributed by atoms with Crippen LogP contribution in [0.25, 0.3) is 5.69 Å². The van der Waals surface area contributed by atoms with E-state index in [2.05, 4.69) is 37.4 Å². The molecule has 1 fully saturated rings. The Balaban J connectivity index is 1.45. The van der Waals surface area contributed by atoms with Gasteiger partial charge in [0.25, 0.3) is 0 Å². The number of methoxy groups -OCH3 is 1. The van der Waals surface area contributed by atoms with Crippen LogP contribution < -0.4 is 5.32 Å². The lowest BCUT2D eigenvalue weighted by atomic mass is 10.1. The van der Waals surface area contributed by atoms with Crippen LogP contribution in [0.1, 0.15) is 12.0 Å². The third-order valence-electron chi connectivity index (χ3n) is 4.65. The molecule has 1 aromatic carbocycles. The Kier molecular flexibility index (Phi) is 7.18. The molecule has 0 amide bonds. The molecule has 8 heteroatoms. The van der Waals surface area contributed by atoms with Crippen molar-refractivity contribution in [2.75, 3.05) is 47.1 Å². The SMILES string of the molecule is CN=C(NCc1ccc(-n2cncn2)cc1)N1CCC(COCCOC)C1. The second-order valence-corrected chi connectivity index (χ2v) is 6.58. The van der Waals surface area contributed by atoms with Crippen molar-refractivity contribution in [3.8, 4) is 5.69 Å². The summed E-state index contributed by atoms with van der Waals surface area (Å²) < 4.78 is 12.4. The molecule has 1 atom stereocenters. The normalized spacial score (nSPS) is 17.5. The van der Waals surface area contributed by atoms with Gasteiger partial charge in [-0.1, -0.05) is 12.1 Å². The molecular weight excluding hydrogens is 344 g/mol. The van der Waals surface area contributed by atoms with E-state index in [-0.39, 0.29) is 0 Å². The molecule has 1 aliphatic rings. The van der Waals surface area contributed by atoms with Gasteiger partial charge in [0.05, 0.1) is 25.5 Å². The third kappa shape index (κ3) is 5.51. The van der Waals surface area contributed by atoms with Gasteiger partial charge in [-0.05, 0) is 24.1 Å². The Morgan fingerprint density at radius 2 is 2.15 bits per heavy atom. The molecule has 0 bridgehead atoms. The summed E-state index contributed by atoms with van der Waals surface area (Å²) in [7, 11) is 3.52. The molecule has 8 nitrogen and oxygen atoms in total. The first-order chi connectivity index (χ1) is 13.3. The van der Waals surface area contributed by atoms with Gasteiger partial charge in [-0.15, -0.1) is 0 Å². The van der Waals surface area contributed by atoms with Crippen LogP contribution in [0.3, 0.4) is 0 Å². The van der Waals surface area contributed by atoms with Crippen molar-refractivity contribution in [2.45, 2.75) is 13.0 Å². The molecule has 0 saturated carbocycles. The molecule has 1 N–H and O–H groups in total. The fourth-order valence-corrected chi connectivity index (χ4v) is 3.17. The van der Waals surface area contributed by atoms with E-state index in [9.17, 15) is 0 Å². The summed E-state index contributed by atoms with van der Waals surface area (Å²) in [5, 5.41) is 7.60. The molecule has 27 heavy (non-hydrogen) atoms. The highest BCUT2D eigenvalue weighted by Crippen LogP contribution is 2.17. The number of hydrogen-bond donors (Lipinski definition) is 1. The predicted molar refractivity (Wildman–Crippen MR) is 104 cm³/mol. The topological polar surface area (TPSA) is 76.8 Å². The standard InChI is InChI=1S/C19H28N6O2/c1-20-19(24-8-7-17(12-24)13-27-10-9-26-2)22-11-16-3-5-18(6-4-16)25-15-21-14-23-25/h3-6,14-15,17H,7-13H2,1-2H3,(H,20,22). The maximum atomic E-state index is 5.67. The first-order valence-corrected chi connectivity index (χ1v) is 9.26. The predicted octanol–water partition coefficient (Wildman–Crippen LogP) is 1.33. The molecule has 2 aromatic rings. The number of hydrogen-bond acceptors (Lipinski definition) is 5. The van der Waals surface area contributed by atoms with Gasteiger partial charge in [-0.3, -0.25) is 4.99 Å². The van der Waals surface area contributed by atoms with Gasteiger partial charge in [0, 0.05) is 39.7 Å². The van der Waals surface area contributed by atoms with Gasteiger partial charge in [-0.2, -0.15) is 5.10 Å². The van der Waals surface area contributed by atoms with Crippen molar-refractivity contribution in [2.24, 2.45) is 10.9 Å². The van der Waals surface area contributed by atoms with Crippen molar-refractivity contribution < 1.29 is 9.47 Å². The molecule has 1 unspecified atom stereocenters. The summed E-state index contributed by atoms with van der Waals surface area (Å²) in [5.41, 5.74) is 2.19. The van der Waals surface area contributed by atoms with Crippen LogP contribution in [0.2, 0.25) is 0 Å². The minimum atomic E-state index is 0.544. The van der Waals surface area contributed by atoms with E-state index in [1.807, 2.05) is 19.2 Å². The number of likely N-dealkylation sites (tertiary alicyclic amines) is 1. The highest BCUT2D eigenvalue weighted by Gasteiger charge is 2.24. The summed E-state index contributed by atoms with van der Waals surface area (Å²) in [6.45, 7) is 4.79. The van der Waals surface area contributed by atoms with Gasteiger partial charge >= 0.3 is 0 Å². The number of ether oxygens (including phenoxy) is 2. The third-order valence-corrected chi connectivity index (χ3v) is 4.65. The summed E-state index contributed by atoms with van der Waals surface area (Å²) in [5.74, 6) is 1.48. The van der Waals surface area contributed by atoms with Crippen molar-refractivity contribution in [3.05, 3.63) is 42.5 Å². The van der Waals surface area contributed by atoms with Crippen LogP contribution in [-0.2, 0) is 16.0 Å². The molecule has 3 rings (SSSR count). The van der Waals surface area contributed by atoms with Crippen LogP contribution in [0.4, 0.5) is 0 Å². The van der Waals surface area contributed by atoms with Crippen LogP contribution in [0.5, 0.6) is 0 Å². The van der Waals surface area contributed by atoms with Crippen molar-refractivity contribution in [1.29, 1.82) is 0 Å². The maximum Gasteiger partial charge on any atom is 0.193 e. The Labute approximate surface area is 160 Å². The van der Waals surface area contributed by atoms with Gasteiger partial charge in [0.1, 0.15) is 12.7 Å². The van der Waals surface area contributed by atoms with Crippen molar-refractivity contribution in [1.82, 2.24) is 25.0 Å². The summed E-state index contributed by atoms with van der Waals surface area (Å²) >= 11 is 0. The number of nitrogens with one attached hydrogen (secondary N) is 1. The maximum absolute atomic E-state index is 5.67. The number of nitrogens with zero attached hydrogens (tertiary/aromatic N) is 5. The van der Waals surface area contributed by atoms with Crippen molar-refractivity contribution in [3.63, 3.8) is 0 Å². The Hall–Kier alpha value is -2.45. The van der Waals surface area contributed by atoms with Crippen molar-refractivity contribution >= 4 is 5.96 Å².